The summed E-state index contributed by atoms with van der Waals surface area (Å²) in [5.74, 6) is 6.29. The first kappa shape index (κ1) is 15.6. The van der Waals surface area contributed by atoms with Crippen LogP contribution in [0.3, 0.4) is 0 Å². The topological polar surface area (TPSA) is 54.7 Å². The Balaban J connectivity index is 1.62. The normalized spacial score (nSPS) is 11.4. The predicted molar refractivity (Wildman–Crippen MR) is 112 cm³/mol. The van der Waals surface area contributed by atoms with Crippen LogP contribution in [0.4, 0.5) is 0 Å². The molecule has 27 heavy (non-hydrogen) atoms. The fourth-order valence-electron chi connectivity index (χ4n) is 3.44. The summed E-state index contributed by atoms with van der Waals surface area (Å²) in [5.41, 5.74) is 1.53. The van der Waals surface area contributed by atoms with Crippen molar-refractivity contribution in [3.63, 3.8) is 0 Å². The molecule has 5 heteroatoms. The van der Waals surface area contributed by atoms with E-state index in [0.29, 0.717) is 10.7 Å². The van der Waals surface area contributed by atoms with E-state index in [1.54, 1.807) is 5.38 Å². The second-order valence-electron chi connectivity index (χ2n) is 6.16. The van der Waals surface area contributed by atoms with Crippen molar-refractivity contribution in [1.29, 1.82) is 0 Å². The zero-order valence-electron chi connectivity index (χ0n) is 14.0. The van der Waals surface area contributed by atoms with Gasteiger partial charge < -0.3 is 0 Å². The van der Waals surface area contributed by atoms with Gasteiger partial charge >= 0.3 is 0 Å². The van der Waals surface area contributed by atoms with Crippen LogP contribution in [0.15, 0.2) is 70.4 Å². The second-order valence-corrected chi connectivity index (χ2v) is 7.02. The maximum Gasteiger partial charge on any atom is 0.167 e. The van der Waals surface area contributed by atoms with Gasteiger partial charge in [0, 0.05) is 10.9 Å². The first-order chi connectivity index (χ1) is 13.3. The molecule has 0 N–H and O–H groups in total. The van der Waals surface area contributed by atoms with Crippen LogP contribution in [0.5, 0.6) is 0 Å². The van der Waals surface area contributed by atoms with E-state index in [4.69, 9.17) is 0 Å². The summed E-state index contributed by atoms with van der Waals surface area (Å²) in [5, 5.41) is 15.7. The van der Waals surface area contributed by atoms with E-state index in [9.17, 15) is 4.91 Å². The van der Waals surface area contributed by atoms with E-state index >= 15 is 0 Å². The number of benzene rings is 4. The molecule has 4 nitrogen and oxygen atoms in total. The van der Waals surface area contributed by atoms with Crippen molar-refractivity contribution < 1.29 is 0 Å². The number of rotatable bonds is 2. The lowest BCUT2D eigenvalue weighted by atomic mass is 9.93. The van der Waals surface area contributed by atoms with Gasteiger partial charge in [-0.2, -0.15) is 0 Å². The van der Waals surface area contributed by atoms with Crippen LogP contribution in [0.25, 0.3) is 32.3 Å². The summed E-state index contributed by atoms with van der Waals surface area (Å²) in [6, 6.07) is 19.3. The summed E-state index contributed by atoms with van der Waals surface area (Å²) >= 11 is 1.41. The Morgan fingerprint density at radius 3 is 2.26 bits per heavy atom. The number of hydrogen-bond acceptors (Lipinski definition) is 4. The van der Waals surface area contributed by atoms with Crippen LogP contribution in [0.2, 0.25) is 0 Å². The van der Waals surface area contributed by atoms with Gasteiger partial charge in [0.15, 0.2) is 5.01 Å². The van der Waals surface area contributed by atoms with Crippen LogP contribution >= 0.6 is 11.3 Å². The molecule has 0 radical (unpaired) electrons. The third-order valence-corrected chi connectivity index (χ3v) is 5.31. The minimum Gasteiger partial charge on any atom is -0.227 e. The number of thiazole rings is 1. The molecule has 4 aromatic carbocycles. The first-order valence-corrected chi connectivity index (χ1v) is 9.20. The second kappa shape index (κ2) is 6.27. The van der Waals surface area contributed by atoms with Gasteiger partial charge in [0.2, 0.25) is 0 Å². The maximum absolute atomic E-state index is 10.0. The summed E-state index contributed by atoms with van der Waals surface area (Å²) in [7, 11) is 0. The van der Waals surface area contributed by atoms with Crippen LogP contribution in [0, 0.1) is 16.7 Å². The quantitative estimate of drug-likeness (QED) is 0.136. The van der Waals surface area contributed by atoms with Crippen LogP contribution in [0.1, 0.15) is 16.3 Å². The Hall–Kier alpha value is -3.62. The standard InChI is InChI=1S/C22H11N3OS/c26-25-23-12-19-13-27-20(24-19)9-4-14-10-17-7-5-15-2-1-3-16-6-8-18(11-14)22(17)21(15)16/h1-3,5-8,10-13H. The molecule has 0 bridgehead atoms. The van der Waals surface area contributed by atoms with Gasteiger partial charge in [-0.15, -0.1) is 21.3 Å². The lowest BCUT2D eigenvalue weighted by Gasteiger charge is -2.10. The van der Waals surface area contributed by atoms with Gasteiger partial charge in [0.1, 0.15) is 0 Å². The van der Waals surface area contributed by atoms with Gasteiger partial charge in [-0.3, -0.25) is 0 Å². The van der Waals surface area contributed by atoms with Gasteiger partial charge in [-0.1, -0.05) is 48.4 Å². The van der Waals surface area contributed by atoms with Gasteiger partial charge in [-0.05, 0) is 50.4 Å². The molecule has 1 heterocycles. The van der Waals surface area contributed by atoms with Crippen molar-refractivity contribution in [1.82, 2.24) is 4.98 Å². The average Bonchev–Trinajstić information content (AvgIpc) is 3.16. The van der Waals surface area contributed by atoms with Crippen molar-refractivity contribution in [2.75, 3.05) is 0 Å². The highest BCUT2D eigenvalue weighted by Crippen LogP contribution is 2.34. The summed E-state index contributed by atoms with van der Waals surface area (Å²) in [4.78, 5) is 14.3. The molecule has 0 aliphatic carbocycles. The Morgan fingerprint density at radius 1 is 0.889 bits per heavy atom. The third-order valence-electron chi connectivity index (χ3n) is 4.54. The Morgan fingerprint density at radius 2 is 1.56 bits per heavy atom. The van der Waals surface area contributed by atoms with E-state index in [1.165, 1.54) is 49.9 Å². The highest BCUT2D eigenvalue weighted by atomic mass is 32.1. The van der Waals surface area contributed by atoms with Gasteiger partial charge in [0.25, 0.3) is 0 Å². The van der Waals surface area contributed by atoms with Crippen molar-refractivity contribution >= 4 is 49.9 Å². The summed E-state index contributed by atoms with van der Waals surface area (Å²) < 4.78 is 0. The number of hydrogen-bond donors (Lipinski definition) is 0. The van der Waals surface area contributed by atoms with Crippen LogP contribution in [-0.4, -0.2) is 11.2 Å². The van der Waals surface area contributed by atoms with E-state index in [2.05, 4.69) is 81.8 Å². The smallest absolute Gasteiger partial charge is 0.167 e. The van der Waals surface area contributed by atoms with Crippen LogP contribution in [-0.2, 0) is 0 Å². The molecule has 5 rings (SSSR count). The SMILES string of the molecule is O=NN=Cc1csc(C#Cc2cc3ccc4cccc5ccc(c2)c3c45)n1. The largest absolute Gasteiger partial charge is 0.227 e. The van der Waals surface area contributed by atoms with Crippen molar-refractivity contribution in [3.05, 3.63) is 81.1 Å². The zero-order chi connectivity index (χ0) is 18.2. The summed E-state index contributed by atoms with van der Waals surface area (Å²) in [6.07, 6.45) is 1.32. The van der Waals surface area contributed by atoms with E-state index in [0.717, 1.165) is 5.56 Å². The molecule has 1 aromatic heterocycles. The Labute approximate surface area is 158 Å². The van der Waals surface area contributed by atoms with Crippen molar-refractivity contribution in [2.45, 2.75) is 0 Å². The summed E-state index contributed by atoms with van der Waals surface area (Å²) in [6.45, 7) is 0. The number of nitrogens with zero attached hydrogens (tertiary/aromatic N) is 3. The van der Waals surface area contributed by atoms with E-state index in [1.807, 2.05) is 0 Å². The van der Waals surface area contributed by atoms with E-state index < -0.39 is 0 Å². The van der Waals surface area contributed by atoms with Crippen LogP contribution < -0.4 is 0 Å². The minimum atomic E-state index is 0.583. The molecule has 5 aromatic rings. The molecule has 0 saturated heterocycles. The molecule has 0 saturated carbocycles. The molecule has 126 valence electrons. The molecule has 0 unspecified atom stereocenters. The first-order valence-electron chi connectivity index (χ1n) is 8.33. The fourth-order valence-corrected chi connectivity index (χ4v) is 4.05. The van der Waals surface area contributed by atoms with Crippen molar-refractivity contribution in [3.8, 4) is 11.8 Å². The highest BCUT2D eigenvalue weighted by molar-refractivity contribution is 7.10. The molecular weight excluding hydrogens is 354 g/mol. The monoisotopic (exact) mass is 365 g/mol. The zero-order valence-corrected chi connectivity index (χ0v) is 14.8. The molecule has 0 atom stereocenters. The Bertz CT molecular complexity index is 1340. The van der Waals surface area contributed by atoms with Gasteiger partial charge in [0.05, 0.1) is 17.2 Å². The third kappa shape index (κ3) is 2.73. The lowest BCUT2D eigenvalue weighted by Crippen LogP contribution is -1.85. The van der Waals surface area contributed by atoms with E-state index in [-0.39, 0.29) is 0 Å². The van der Waals surface area contributed by atoms with Gasteiger partial charge in [-0.25, -0.2) is 4.98 Å². The average molecular weight is 365 g/mol. The molecular formula is C22H11N3OS. The van der Waals surface area contributed by atoms with Crippen molar-refractivity contribution in [2.24, 2.45) is 10.4 Å². The highest BCUT2D eigenvalue weighted by Gasteiger charge is 2.08. The molecule has 0 amide bonds. The number of nitroso groups, excluding NO2 is 1. The molecule has 0 aliphatic rings. The number of aromatic nitrogens is 1. The Kier molecular flexibility index (Phi) is 3.63. The predicted octanol–water partition coefficient (Wildman–Crippen LogP) is 5.54. The maximum atomic E-state index is 10.0. The minimum absolute atomic E-state index is 0.583. The molecule has 0 aliphatic heterocycles. The lowest BCUT2D eigenvalue weighted by molar-refractivity contribution is 1.22. The molecule has 0 fully saturated rings. The fraction of sp³-hybridized carbons (Fsp3) is 0. The molecule has 0 spiro atoms.